The van der Waals surface area contributed by atoms with Crippen LogP contribution >= 0.6 is 12.4 Å². The molecule has 2 unspecified atom stereocenters. The highest BCUT2D eigenvalue weighted by Gasteiger charge is 2.34. The van der Waals surface area contributed by atoms with Crippen LogP contribution in [0.15, 0.2) is 24.3 Å². The second kappa shape index (κ2) is 9.13. The molecule has 1 amide bonds. The lowest BCUT2D eigenvalue weighted by molar-refractivity contribution is -0.139. The van der Waals surface area contributed by atoms with Gasteiger partial charge in [0.25, 0.3) is 0 Å². The minimum atomic E-state index is -4.46. The molecule has 8 heteroatoms. The number of rotatable bonds is 5. The Morgan fingerprint density at radius 1 is 1.38 bits per heavy atom. The SMILES string of the molecule is CC(COc1ccccc1C(F)(F)F)NC(=O)C1CCCCN1.Cl. The van der Waals surface area contributed by atoms with E-state index in [1.807, 2.05) is 0 Å². The molecule has 1 aromatic rings. The molecular weight excluding hydrogens is 345 g/mol. The van der Waals surface area contributed by atoms with E-state index in [1.165, 1.54) is 18.2 Å². The average molecular weight is 367 g/mol. The lowest BCUT2D eigenvalue weighted by Crippen LogP contribution is -2.50. The van der Waals surface area contributed by atoms with Crippen LogP contribution in [0.4, 0.5) is 13.2 Å². The van der Waals surface area contributed by atoms with E-state index in [9.17, 15) is 18.0 Å². The number of nitrogens with one attached hydrogen (secondary N) is 2. The zero-order valence-corrected chi connectivity index (χ0v) is 14.2. The Morgan fingerprint density at radius 3 is 2.71 bits per heavy atom. The first-order chi connectivity index (χ1) is 10.9. The third-order valence-corrected chi connectivity index (χ3v) is 3.70. The molecule has 1 aromatic carbocycles. The first-order valence-corrected chi connectivity index (χ1v) is 7.70. The fraction of sp³-hybridized carbons (Fsp3) is 0.562. The number of hydrogen-bond donors (Lipinski definition) is 2. The van der Waals surface area contributed by atoms with Gasteiger partial charge in [-0.3, -0.25) is 4.79 Å². The number of amides is 1. The number of carbonyl (C=O) groups excluding carboxylic acids is 1. The van der Waals surface area contributed by atoms with Crippen LogP contribution in [0.2, 0.25) is 0 Å². The number of ether oxygens (including phenoxy) is 1. The number of para-hydroxylation sites is 1. The second-order valence-electron chi connectivity index (χ2n) is 5.72. The van der Waals surface area contributed by atoms with Crippen molar-refractivity contribution in [3.05, 3.63) is 29.8 Å². The molecule has 1 aliphatic heterocycles. The van der Waals surface area contributed by atoms with Crippen LogP contribution in [0.3, 0.4) is 0 Å². The van der Waals surface area contributed by atoms with Crippen molar-refractivity contribution in [2.75, 3.05) is 13.2 Å². The van der Waals surface area contributed by atoms with E-state index in [0.717, 1.165) is 31.9 Å². The summed E-state index contributed by atoms with van der Waals surface area (Å²) in [5, 5.41) is 5.90. The average Bonchev–Trinajstić information content (AvgIpc) is 2.53. The summed E-state index contributed by atoms with van der Waals surface area (Å²) in [4.78, 5) is 12.0. The Labute approximate surface area is 145 Å². The van der Waals surface area contributed by atoms with Gasteiger partial charge in [0.05, 0.1) is 17.6 Å². The number of halogens is 4. The van der Waals surface area contributed by atoms with Crippen LogP contribution in [-0.4, -0.2) is 31.1 Å². The van der Waals surface area contributed by atoms with Crippen molar-refractivity contribution < 1.29 is 22.7 Å². The van der Waals surface area contributed by atoms with Gasteiger partial charge in [-0.05, 0) is 38.4 Å². The molecule has 0 aromatic heterocycles. The summed E-state index contributed by atoms with van der Waals surface area (Å²) in [5.41, 5.74) is -0.813. The lowest BCUT2D eigenvalue weighted by atomic mass is 10.0. The molecule has 2 rings (SSSR count). The van der Waals surface area contributed by atoms with Crippen molar-refractivity contribution in [3.8, 4) is 5.75 Å². The largest absolute Gasteiger partial charge is 0.491 e. The Bertz CT molecular complexity index is 534. The maximum atomic E-state index is 12.9. The summed E-state index contributed by atoms with van der Waals surface area (Å²) in [6.07, 6.45) is -1.64. The third kappa shape index (κ3) is 5.87. The Morgan fingerprint density at radius 2 is 2.08 bits per heavy atom. The van der Waals surface area contributed by atoms with Crippen LogP contribution in [0.25, 0.3) is 0 Å². The van der Waals surface area contributed by atoms with Crippen molar-refractivity contribution in [2.24, 2.45) is 0 Å². The van der Waals surface area contributed by atoms with Crippen molar-refractivity contribution >= 4 is 18.3 Å². The topological polar surface area (TPSA) is 50.4 Å². The molecule has 1 saturated heterocycles. The summed E-state index contributed by atoms with van der Waals surface area (Å²) in [5.74, 6) is -0.359. The zero-order valence-electron chi connectivity index (χ0n) is 13.4. The standard InChI is InChI=1S/C16H21F3N2O2.ClH/c1-11(21-15(22)13-7-4-5-9-20-13)10-23-14-8-3-2-6-12(14)16(17,18)19;/h2-3,6,8,11,13,20H,4-5,7,9-10H2,1H3,(H,21,22);1H. The van der Waals surface area contributed by atoms with Crippen molar-refractivity contribution in [2.45, 2.75) is 44.4 Å². The molecule has 1 fully saturated rings. The predicted molar refractivity (Wildman–Crippen MR) is 87.4 cm³/mol. The van der Waals surface area contributed by atoms with E-state index in [-0.39, 0.29) is 42.8 Å². The molecule has 136 valence electrons. The highest BCUT2D eigenvalue weighted by molar-refractivity contribution is 5.85. The van der Waals surface area contributed by atoms with Gasteiger partial charge >= 0.3 is 6.18 Å². The molecule has 1 heterocycles. The minimum absolute atomic E-state index is 0. The molecule has 0 aliphatic carbocycles. The molecular formula is C16H22ClF3N2O2. The monoisotopic (exact) mass is 366 g/mol. The highest BCUT2D eigenvalue weighted by Crippen LogP contribution is 2.35. The highest BCUT2D eigenvalue weighted by atomic mass is 35.5. The smallest absolute Gasteiger partial charge is 0.419 e. The summed E-state index contributed by atoms with van der Waals surface area (Å²) in [7, 11) is 0. The minimum Gasteiger partial charge on any atom is -0.491 e. The molecule has 24 heavy (non-hydrogen) atoms. The first-order valence-electron chi connectivity index (χ1n) is 7.70. The van der Waals surface area contributed by atoms with Gasteiger partial charge in [0.1, 0.15) is 12.4 Å². The summed E-state index contributed by atoms with van der Waals surface area (Å²) >= 11 is 0. The van der Waals surface area contributed by atoms with Gasteiger partial charge in [-0.15, -0.1) is 12.4 Å². The van der Waals surface area contributed by atoms with Gasteiger partial charge in [0, 0.05) is 0 Å². The number of benzene rings is 1. The molecule has 0 saturated carbocycles. The number of carbonyl (C=O) groups is 1. The molecule has 2 atom stereocenters. The van der Waals surface area contributed by atoms with E-state index in [0.29, 0.717) is 0 Å². The molecule has 0 bridgehead atoms. The van der Waals surface area contributed by atoms with E-state index >= 15 is 0 Å². The Kier molecular flexibility index (Phi) is 7.83. The fourth-order valence-corrected chi connectivity index (χ4v) is 2.50. The fourth-order valence-electron chi connectivity index (χ4n) is 2.50. The van der Waals surface area contributed by atoms with Gasteiger partial charge in [0.2, 0.25) is 5.91 Å². The van der Waals surface area contributed by atoms with Crippen molar-refractivity contribution in [1.29, 1.82) is 0 Å². The van der Waals surface area contributed by atoms with Crippen LogP contribution in [-0.2, 0) is 11.0 Å². The Hall–Kier alpha value is -1.47. The quantitative estimate of drug-likeness (QED) is 0.841. The van der Waals surface area contributed by atoms with Gasteiger partial charge in [-0.25, -0.2) is 0 Å². The lowest BCUT2D eigenvalue weighted by Gasteiger charge is -2.24. The van der Waals surface area contributed by atoms with Crippen LogP contribution in [0.5, 0.6) is 5.75 Å². The second-order valence-corrected chi connectivity index (χ2v) is 5.72. The maximum absolute atomic E-state index is 12.9. The predicted octanol–water partition coefficient (Wildman–Crippen LogP) is 3.15. The first kappa shape index (κ1) is 20.6. The van der Waals surface area contributed by atoms with Crippen LogP contribution in [0.1, 0.15) is 31.7 Å². The summed E-state index contributed by atoms with van der Waals surface area (Å²) < 4.78 is 43.9. The number of piperidine rings is 1. The summed E-state index contributed by atoms with van der Waals surface area (Å²) in [6.45, 7) is 2.49. The van der Waals surface area contributed by atoms with Gasteiger partial charge < -0.3 is 15.4 Å². The van der Waals surface area contributed by atoms with Crippen LogP contribution < -0.4 is 15.4 Å². The normalized spacial score (nSPS) is 19.1. The van der Waals surface area contributed by atoms with Gasteiger partial charge in [0.15, 0.2) is 0 Å². The van der Waals surface area contributed by atoms with E-state index < -0.39 is 11.7 Å². The maximum Gasteiger partial charge on any atom is 0.419 e. The molecule has 2 N–H and O–H groups in total. The van der Waals surface area contributed by atoms with Crippen LogP contribution in [0, 0.1) is 0 Å². The Balaban J connectivity index is 0.00000288. The number of hydrogen-bond acceptors (Lipinski definition) is 3. The van der Waals surface area contributed by atoms with Crippen molar-refractivity contribution in [3.63, 3.8) is 0 Å². The van der Waals surface area contributed by atoms with E-state index in [4.69, 9.17) is 4.74 Å². The van der Waals surface area contributed by atoms with Gasteiger partial charge in [-0.1, -0.05) is 18.6 Å². The molecule has 0 spiro atoms. The van der Waals surface area contributed by atoms with E-state index in [1.54, 1.807) is 6.92 Å². The molecule has 4 nitrogen and oxygen atoms in total. The summed E-state index contributed by atoms with van der Waals surface area (Å²) in [6, 6.07) is 4.45. The third-order valence-electron chi connectivity index (χ3n) is 3.70. The zero-order chi connectivity index (χ0) is 16.9. The van der Waals surface area contributed by atoms with Gasteiger partial charge in [-0.2, -0.15) is 13.2 Å². The molecule has 1 aliphatic rings. The van der Waals surface area contributed by atoms with Crippen molar-refractivity contribution in [1.82, 2.24) is 10.6 Å². The molecule has 0 radical (unpaired) electrons. The van der Waals surface area contributed by atoms with E-state index in [2.05, 4.69) is 10.6 Å². The number of alkyl halides is 3.